The second kappa shape index (κ2) is 20.3. The molecule has 0 fully saturated rings. The lowest BCUT2D eigenvalue weighted by Crippen LogP contribution is -2.40. The van der Waals surface area contributed by atoms with Crippen LogP contribution >= 0.6 is 0 Å². The smallest absolute Gasteiger partial charge is 0.329 e. The second-order valence-electron chi connectivity index (χ2n) is 9.39. The molecule has 0 N–H and O–H groups in total. The standard InChI is InChI=1S/C27H54O2Si/c1-6-10-14-15-16-17-18-19-20-21-22-29-27(28)26(5)30(23-11-7-2,24-12-8-3)25-13-9-4/h5-25H2,1-4H3. The van der Waals surface area contributed by atoms with Crippen LogP contribution in [0.25, 0.3) is 0 Å². The van der Waals surface area contributed by atoms with E-state index >= 15 is 0 Å². The van der Waals surface area contributed by atoms with E-state index in [2.05, 4.69) is 34.3 Å². The van der Waals surface area contributed by atoms with Crippen LogP contribution in [0.15, 0.2) is 11.8 Å². The maximum absolute atomic E-state index is 12.9. The summed E-state index contributed by atoms with van der Waals surface area (Å²) in [5.41, 5.74) is 0. The van der Waals surface area contributed by atoms with E-state index in [9.17, 15) is 4.79 Å². The van der Waals surface area contributed by atoms with Gasteiger partial charge in [-0.2, -0.15) is 0 Å². The van der Waals surface area contributed by atoms with Crippen LogP contribution in [0.4, 0.5) is 0 Å². The van der Waals surface area contributed by atoms with Gasteiger partial charge in [0.2, 0.25) is 0 Å². The van der Waals surface area contributed by atoms with Crippen LogP contribution in [-0.2, 0) is 9.53 Å². The lowest BCUT2D eigenvalue weighted by molar-refractivity contribution is -0.138. The fourth-order valence-electron chi connectivity index (χ4n) is 4.43. The Balaban J connectivity index is 4.31. The maximum Gasteiger partial charge on any atom is 0.329 e. The highest BCUT2D eigenvalue weighted by Crippen LogP contribution is 2.34. The first-order valence-electron chi connectivity index (χ1n) is 13.4. The summed E-state index contributed by atoms with van der Waals surface area (Å²) < 4.78 is 5.72. The summed E-state index contributed by atoms with van der Waals surface area (Å²) in [4.78, 5) is 12.9. The Morgan fingerprint density at radius 2 is 0.967 bits per heavy atom. The quantitative estimate of drug-likeness (QED) is 0.0728. The van der Waals surface area contributed by atoms with E-state index in [0.717, 1.165) is 11.6 Å². The average molecular weight is 439 g/mol. The number of carbonyl (C=O) groups excluding carboxylic acids is 1. The molecule has 0 saturated carbocycles. The number of ether oxygens (including phenoxy) is 1. The van der Waals surface area contributed by atoms with Crippen LogP contribution in [0, 0.1) is 0 Å². The molecule has 30 heavy (non-hydrogen) atoms. The Morgan fingerprint density at radius 3 is 1.37 bits per heavy atom. The Morgan fingerprint density at radius 1 is 0.600 bits per heavy atom. The molecule has 0 atom stereocenters. The molecule has 2 nitrogen and oxygen atoms in total. The first kappa shape index (κ1) is 29.4. The van der Waals surface area contributed by atoms with Crippen molar-refractivity contribution in [2.45, 2.75) is 149 Å². The van der Waals surface area contributed by atoms with Crippen molar-refractivity contribution >= 4 is 14.0 Å². The maximum atomic E-state index is 12.9. The van der Waals surface area contributed by atoms with Gasteiger partial charge in [-0.1, -0.05) is 149 Å². The highest BCUT2D eigenvalue weighted by molar-refractivity contribution is 6.90. The molecule has 0 aliphatic rings. The molecule has 0 unspecified atom stereocenters. The third-order valence-corrected chi connectivity index (χ3v) is 12.1. The zero-order valence-electron chi connectivity index (χ0n) is 21.2. The van der Waals surface area contributed by atoms with Gasteiger partial charge in [-0.25, -0.2) is 4.79 Å². The molecule has 0 aliphatic heterocycles. The molecule has 0 aromatic carbocycles. The molecule has 178 valence electrons. The van der Waals surface area contributed by atoms with Gasteiger partial charge in [0.25, 0.3) is 0 Å². The number of esters is 1. The van der Waals surface area contributed by atoms with E-state index in [1.165, 1.54) is 114 Å². The van der Waals surface area contributed by atoms with Crippen molar-refractivity contribution in [1.82, 2.24) is 0 Å². The van der Waals surface area contributed by atoms with Gasteiger partial charge >= 0.3 is 5.97 Å². The predicted molar refractivity (Wildman–Crippen MR) is 137 cm³/mol. The van der Waals surface area contributed by atoms with Crippen molar-refractivity contribution < 1.29 is 9.53 Å². The summed E-state index contributed by atoms with van der Waals surface area (Å²) in [5, 5.41) is 0.893. The summed E-state index contributed by atoms with van der Waals surface area (Å²) >= 11 is 0. The highest BCUT2D eigenvalue weighted by atomic mass is 28.3. The van der Waals surface area contributed by atoms with E-state index in [4.69, 9.17) is 4.74 Å². The minimum Gasteiger partial charge on any atom is -0.463 e. The van der Waals surface area contributed by atoms with Crippen LogP contribution in [0.5, 0.6) is 0 Å². The Labute approximate surface area is 190 Å². The molecule has 0 amide bonds. The lowest BCUT2D eigenvalue weighted by Gasteiger charge is -2.33. The molecule has 0 aliphatic carbocycles. The minimum absolute atomic E-state index is 0.0686. The average Bonchev–Trinajstić information content (AvgIpc) is 2.76. The van der Waals surface area contributed by atoms with Crippen molar-refractivity contribution in [1.29, 1.82) is 0 Å². The first-order chi connectivity index (χ1) is 14.6. The molecule has 0 aromatic heterocycles. The highest BCUT2D eigenvalue weighted by Gasteiger charge is 2.38. The SMILES string of the molecule is C=C(C(=O)OCCCCCCCCCCCC)[Si](CCCC)(CCCC)CCCC. The Bertz CT molecular complexity index is 397. The van der Waals surface area contributed by atoms with Crippen molar-refractivity contribution in [3.05, 3.63) is 11.8 Å². The molecule has 0 aromatic rings. The van der Waals surface area contributed by atoms with Gasteiger partial charge in [-0.15, -0.1) is 0 Å². The minimum atomic E-state index is -1.79. The normalized spacial score (nSPS) is 11.6. The fraction of sp³-hybridized carbons (Fsp3) is 0.889. The number of rotatable bonds is 22. The third-order valence-electron chi connectivity index (χ3n) is 6.64. The van der Waals surface area contributed by atoms with E-state index in [1.54, 1.807) is 0 Å². The van der Waals surface area contributed by atoms with Gasteiger partial charge in [0.1, 0.15) is 0 Å². The Kier molecular flexibility index (Phi) is 19.9. The number of unbranched alkanes of at least 4 members (excludes halogenated alkanes) is 12. The van der Waals surface area contributed by atoms with Crippen LogP contribution < -0.4 is 0 Å². The summed E-state index contributed by atoms with van der Waals surface area (Å²) in [6, 6.07) is 3.65. The zero-order chi connectivity index (χ0) is 22.5. The lowest BCUT2D eigenvalue weighted by atomic mass is 10.1. The summed E-state index contributed by atoms with van der Waals surface area (Å²) in [6.07, 6.45) is 20.3. The van der Waals surface area contributed by atoms with Crippen molar-refractivity contribution in [3.63, 3.8) is 0 Å². The molecule has 0 radical (unpaired) electrons. The first-order valence-corrected chi connectivity index (χ1v) is 16.1. The van der Waals surface area contributed by atoms with Crippen LogP contribution in [0.3, 0.4) is 0 Å². The fourth-order valence-corrected chi connectivity index (χ4v) is 9.68. The van der Waals surface area contributed by atoms with Crippen molar-refractivity contribution in [3.8, 4) is 0 Å². The van der Waals surface area contributed by atoms with Gasteiger partial charge in [0.05, 0.1) is 14.7 Å². The molecule has 0 rings (SSSR count). The number of hydrogen-bond acceptors (Lipinski definition) is 2. The second-order valence-corrected chi connectivity index (χ2v) is 14.1. The Hall–Kier alpha value is -0.573. The van der Waals surface area contributed by atoms with Gasteiger partial charge < -0.3 is 4.74 Å². The number of hydrogen-bond donors (Lipinski definition) is 0. The zero-order valence-corrected chi connectivity index (χ0v) is 22.2. The van der Waals surface area contributed by atoms with Gasteiger partial charge in [-0.3, -0.25) is 0 Å². The topological polar surface area (TPSA) is 26.3 Å². The van der Waals surface area contributed by atoms with Crippen molar-refractivity contribution in [2.24, 2.45) is 0 Å². The van der Waals surface area contributed by atoms with Crippen molar-refractivity contribution in [2.75, 3.05) is 6.61 Å². The molecule has 3 heteroatoms. The molecular formula is C27H54O2Si. The monoisotopic (exact) mass is 438 g/mol. The molecular weight excluding hydrogens is 384 g/mol. The van der Waals surface area contributed by atoms with E-state index < -0.39 is 8.07 Å². The summed E-state index contributed by atoms with van der Waals surface area (Å²) in [7, 11) is -1.79. The van der Waals surface area contributed by atoms with E-state index in [-0.39, 0.29) is 5.97 Å². The van der Waals surface area contributed by atoms with Gasteiger partial charge in [0, 0.05) is 5.20 Å². The summed E-state index contributed by atoms with van der Waals surface area (Å²) in [5.74, 6) is -0.0686. The molecule has 0 saturated heterocycles. The van der Waals surface area contributed by atoms with E-state index in [1.807, 2.05) is 0 Å². The summed E-state index contributed by atoms with van der Waals surface area (Å²) in [6.45, 7) is 14.0. The largest absolute Gasteiger partial charge is 0.463 e. The van der Waals surface area contributed by atoms with E-state index in [0.29, 0.717) is 6.61 Å². The predicted octanol–water partition coefficient (Wildman–Crippen LogP) is 9.39. The van der Waals surface area contributed by atoms with Crippen LogP contribution in [0.1, 0.15) is 130 Å². The molecule has 0 bridgehead atoms. The third kappa shape index (κ3) is 13.7. The van der Waals surface area contributed by atoms with Crippen LogP contribution in [0.2, 0.25) is 18.1 Å². The van der Waals surface area contributed by atoms with Crippen LogP contribution in [-0.4, -0.2) is 20.7 Å². The van der Waals surface area contributed by atoms with Gasteiger partial charge in [-0.05, 0) is 6.42 Å². The molecule has 0 spiro atoms. The molecule has 0 heterocycles. The van der Waals surface area contributed by atoms with Gasteiger partial charge in [0.15, 0.2) is 0 Å². The number of carbonyl (C=O) groups is 1.